The number of nitrogens with two attached hydrogens (primary N) is 2. The smallest absolute Gasteiger partial charge is 0.0915 e. The molecule has 0 aliphatic heterocycles. The fourth-order valence-corrected chi connectivity index (χ4v) is 0.797. The minimum Gasteiger partial charge on any atom is -0.394 e. The summed E-state index contributed by atoms with van der Waals surface area (Å²) in [5.41, 5.74) is 9.77. The maximum atomic E-state index is 9.45. The van der Waals surface area contributed by atoms with Crippen LogP contribution >= 0.6 is 0 Å². The zero-order chi connectivity index (χ0) is 9.94. The maximum Gasteiger partial charge on any atom is 0.0915 e. The Bertz CT molecular complexity index is 139. The van der Waals surface area contributed by atoms with Gasteiger partial charge in [-0.1, -0.05) is 0 Å². The lowest BCUT2D eigenvalue weighted by Crippen LogP contribution is -2.61. The Morgan fingerprint density at radius 2 is 1.83 bits per heavy atom. The molecule has 0 aromatic rings. The Balaban J connectivity index is 4.27. The van der Waals surface area contributed by atoms with Crippen LogP contribution in [0.2, 0.25) is 0 Å². The van der Waals surface area contributed by atoms with E-state index in [4.69, 9.17) is 21.7 Å². The summed E-state index contributed by atoms with van der Waals surface area (Å²) >= 11 is 0. The van der Waals surface area contributed by atoms with E-state index in [1.165, 1.54) is 13.8 Å². The molecule has 5 heteroatoms. The highest BCUT2D eigenvalue weighted by atomic mass is 16.3. The van der Waals surface area contributed by atoms with E-state index >= 15 is 0 Å². The van der Waals surface area contributed by atoms with Gasteiger partial charge in [-0.3, -0.25) is 0 Å². The van der Waals surface area contributed by atoms with Gasteiger partial charge in [-0.2, -0.15) is 0 Å². The molecule has 0 fully saturated rings. The van der Waals surface area contributed by atoms with E-state index in [1.807, 2.05) is 0 Å². The molecule has 0 saturated heterocycles. The summed E-state index contributed by atoms with van der Waals surface area (Å²) in [5, 5.41) is 27.2. The van der Waals surface area contributed by atoms with Gasteiger partial charge in [0.15, 0.2) is 0 Å². The van der Waals surface area contributed by atoms with E-state index in [2.05, 4.69) is 0 Å². The van der Waals surface area contributed by atoms with Crippen LogP contribution in [0.15, 0.2) is 0 Å². The molecule has 0 saturated carbocycles. The lowest BCUT2D eigenvalue weighted by atomic mass is 9.89. The molecule has 7 N–H and O–H groups in total. The minimum atomic E-state index is -1.17. The molecular weight excluding hydrogens is 160 g/mol. The van der Waals surface area contributed by atoms with E-state index in [9.17, 15) is 5.11 Å². The fourth-order valence-electron chi connectivity index (χ4n) is 0.797. The van der Waals surface area contributed by atoms with Gasteiger partial charge < -0.3 is 26.8 Å². The predicted molar refractivity (Wildman–Crippen MR) is 45.3 cm³/mol. The molecule has 74 valence electrons. The quantitative estimate of drug-likeness (QED) is 0.334. The normalized spacial score (nSPS) is 24.2. The lowest BCUT2D eigenvalue weighted by molar-refractivity contribution is -0.0000459. The standard InChI is InChI=1S/C7H18N2O3/c1-4(11)5(8)6(12)7(2,9)3-10/h4-6,10-12H,3,8-9H2,1-2H3. The molecule has 12 heavy (non-hydrogen) atoms. The summed E-state index contributed by atoms with van der Waals surface area (Å²) in [5.74, 6) is 0. The molecule has 0 radical (unpaired) electrons. The second-order valence-corrected chi connectivity index (χ2v) is 3.43. The van der Waals surface area contributed by atoms with Gasteiger partial charge in [-0.25, -0.2) is 0 Å². The van der Waals surface area contributed by atoms with Crippen LogP contribution in [0.5, 0.6) is 0 Å². The second kappa shape index (κ2) is 4.15. The molecule has 0 spiro atoms. The van der Waals surface area contributed by atoms with Gasteiger partial charge >= 0.3 is 0 Å². The molecule has 0 aliphatic carbocycles. The van der Waals surface area contributed by atoms with Crippen molar-refractivity contribution in [2.45, 2.75) is 37.6 Å². The zero-order valence-corrected chi connectivity index (χ0v) is 7.44. The maximum absolute atomic E-state index is 9.45. The summed E-state index contributed by atoms with van der Waals surface area (Å²) in [7, 11) is 0. The average Bonchev–Trinajstić information content (AvgIpc) is 2.01. The van der Waals surface area contributed by atoms with Crippen LogP contribution in [0.3, 0.4) is 0 Å². The number of aliphatic hydroxyl groups is 3. The van der Waals surface area contributed by atoms with Crippen molar-refractivity contribution in [3.63, 3.8) is 0 Å². The van der Waals surface area contributed by atoms with Crippen LogP contribution in [0.4, 0.5) is 0 Å². The molecule has 0 aromatic heterocycles. The third-order valence-corrected chi connectivity index (χ3v) is 1.94. The van der Waals surface area contributed by atoms with Crippen molar-refractivity contribution in [2.75, 3.05) is 6.61 Å². The summed E-state index contributed by atoms with van der Waals surface area (Å²) in [6.45, 7) is 2.55. The summed E-state index contributed by atoms with van der Waals surface area (Å²) in [6.07, 6.45) is -1.98. The van der Waals surface area contributed by atoms with Crippen LogP contribution in [0.1, 0.15) is 13.8 Å². The van der Waals surface area contributed by atoms with Crippen molar-refractivity contribution < 1.29 is 15.3 Å². The van der Waals surface area contributed by atoms with Crippen LogP contribution in [0, 0.1) is 0 Å². The fraction of sp³-hybridized carbons (Fsp3) is 1.00. The number of aliphatic hydroxyl groups excluding tert-OH is 3. The minimum absolute atomic E-state index is 0.380. The van der Waals surface area contributed by atoms with Gasteiger partial charge in [0.25, 0.3) is 0 Å². The zero-order valence-electron chi connectivity index (χ0n) is 7.44. The summed E-state index contributed by atoms with van der Waals surface area (Å²) < 4.78 is 0. The monoisotopic (exact) mass is 178 g/mol. The molecule has 5 nitrogen and oxygen atoms in total. The van der Waals surface area contributed by atoms with Crippen molar-refractivity contribution in [3.8, 4) is 0 Å². The van der Waals surface area contributed by atoms with Crippen LogP contribution in [0.25, 0.3) is 0 Å². The number of rotatable bonds is 4. The topological polar surface area (TPSA) is 113 Å². The largest absolute Gasteiger partial charge is 0.394 e. The highest BCUT2D eigenvalue weighted by Gasteiger charge is 2.34. The molecule has 4 unspecified atom stereocenters. The molecule has 0 bridgehead atoms. The van der Waals surface area contributed by atoms with Crippen molar-refractivity contribution in [1.82, 2.24) is 0 Å². The van der Waals surface area contributed by atoms with Gasteiger partial charge in [-0.15, -0.1) is 0 Å². The first-order valence-electron chi connectivity index (χ1n) is 3.84. The Morgan fingerprint density at radius 3 is 2.08 bits per heavy atom. The molecule has 0 heterocycles. The molecule has 4 atom stereocenters. The van der Waals surface area contributed by atoms with Crippen molar-refractivity contribution >= 4 is 0 Å². The number of hydrogen-bond donors (Lipinski definition) is 5. The van der Waals surface area contributed by atoms with Gasteiger partial charge in [0, 0.05) is 0 Å². The van der Waals surface area contributed by atoms with Gasteiger partial charge in [0.1, 0.15) is 0 Å². The number of hydrogen-bond acceptors (Lipinski definition) is 5. The molecule has 0 aromatic carbocycles. The third-order valence-electron chi connectivity index (χ3n) is 1.94. The van der Waals surface area contributed by atoms with E-state index < -0.39 is 23.8 Å². The first kappa shape index (κ1) is 11.8. The Labute approximate surface area is 72.0 Å². The highest BCUT2D eigenvalue weighted by Crippen LogP contribution is 2.10. The van der Waals surface area contributed by atoms with E-state index in [0.717, 1.165) is 0 Å². The molecule has 0 amide bonds. The third kappa shape index (κ3) is 2.69. The summed E-state index contributed by atoms with van der Waals surface area (Å²) in [4.78, 5) is 0. The first-order valence-corrected chi connectivity index (χ1v) is 3.84. The van der Waals surface area contributed by atoms with Gasteiger partial charge in [0.2, 0.25) is 0 Å². The SMILES string of the molecule is CC(O)C(N)C(O)C(C)(N)CO. The molecular formula is C7H18N2O3. The lowest BCUT2D eigenvalue weighted by Gasteiger charge is -2.33. The van der Waals surface area contributed by atoms with Crippen molar-refractivity contribution in [3.05, 3.63) is 0 Å². The Kier molecular flexibility index (Phi) is 4.09. The van der Waals surface area contributed by atoms with Crippen LogP contribution in [-0.2, 0) is 0 Å². The van der Waals surface area contributed by atoms with Gasteiger partial charge in [-0.05, 0) is 13.8 Å². The first-order chi connectivity index (χ1) is 5.33. The van der Waals surface area contributed by atoms with E-state index in [1.54, 1.807) is 0 Å². The Morgan fingerprint density at radius 1 is 1.42 bits per heavy atom. The second-order valence-electron chi connectivity index (χ2n) is 3.43. The van der Waals surface area contributed by atoms with E-state index in [-0.39, 0.29) is 6.61 Å². The van der Waals surface area contributed by atoms with Crippen LogP contribution < -0.4 is 11.5 Å². The Hall–Kier alpha value is -0.200. The van der Waals surface area contributed by atoms with Crippen molar-refractivity contribution in [1.29, 1.82) is 0 Å². The van der Waals surface area contributed by atoms with Crippen molar-refractivity contribution in [2.24, 2.45) is 11.5 Å². The predicted octanol–water partition coefficient (Wildman–Crippen LogP) is -2.23. The highest BCUT2D eigenvalue weighted by molar-refractivity contribution is 4.94. The summed E-state index contributed by atoms with van der Waals surface area (Å²) in [6, 6.07) is -0.841. The van der Waals surface area contributed by atoms with E-state index in [0.29, 0.717) is 0 Å². The molecule has 0 aliphatic rings. The molecule has 0 rings (SSSR count). The average molecular weight is 178 g/mol. The van der Waals surface area contributed by atoms with Crippen LogP contribution in [-0.4, -0.2) is 45.7 Å². The van der Waals surface area contributed by atoms with Gasteiger partial charge in [0.05, 0.1) is 30.4 Å².